The Morgan fingerprint density at radius 2 is 1.96 bits per heavy atom. The molecule has 0 spiro atoms. The van der Waals surface area contributed by atoms with Crippen LogP contribution >= 0.6 is 23.3 Å². The van der Waals surface area contributed by atoms with E-state index < -0.39 is 0 Å². The van der Waals surface area contributed by atoms with E-state index in [1.54, 1.807) is 12.1 Å². The van der Waals surface area contributed by atoms with E-state index in [1.165, 1.54) is 23.5 Å². The van der Waals surface area contributed by atoms with Crippen LogP contribution < -0.4 is 4.72 Å². The summed E-state index contributed by atoms with van der Waals surface area (Å²) in [5.74, 6) is -0.268. The topological polar surface area (TPSA) is 48.5 Å². The third kappa shape index (κ3) is 4.21. The summed E-state index contributed by atoms with van der Waals surface area (Å²) in [5, 5.41) is 2.56. The average Bonchev–Trinajstić information content (AvgIpc) is 3.03. The average molecular weight is 352 g/mol. The lowest BCUT2D eigenvalue weighted by Crippen LogP contribution is -2.46. The van der Waals surface area contributed by atoms with Gasteiger partial charge in [0, 0.05) is 49.1 Å². The molecule has 1 aromatic heterocycles. The van der Waals surface area contributed by atoms with E-state index in [0.29, 0.717) is 5.13 Å². The van der Waals surface area contributed by atoms with Crippen LogP contribution in [0.5, 0.6) is 0 Å². The van der Waals surface area contributed by atoms with Gasteiger partial charge in [-0.3, -0.25) is 9.52 Å². The lowest BCUT2D eigenvalue weighted by molar-refractivity contribution is 0.172. The summed E-state index contributed by atoms with van der Waals surface area (Å²) in [4.78, 5) is 20.6. The molecule has 0 aliphatic carbocycles. The molecule has 1 saturated heterocycles. The van der Waals surface area contributed by atoms with Crippen molar-refractivity contribution in [1.29, 1.82) is 0 Å². The fourth-order valence-corrected chi connectivity index (χ4v) is 3.63. The third-order valence-electron chi connectivity index (χ3n) is 3.63. The van der Waals surface area contributed by atoms with Gasteiger partial charge in [-0.05, 0) is 31.3 Å². The Morgan fingerprint density at radius 3 is 2.65 bits per heavy atom. The standard InChI is InChI=1S/C15H17FN4OS2/c1-19-6-8-20(9-7-19)15(21)23-18-14-17-13(10-22-14)11-2-4-12(16)5-3-11/h2-5,10H,6-9H2,1H3,(H,17,18). The number of piperazine rings is 1. The van der Waals surface area contributed by atoms with Gasteiger partial charge in [0.15, 0.2) is 5.13 Å². The van der Waals surface area contributed by atoms with Gasteiger partial charge in [0.25, 0.3) is 0 Å². The maximum atomic E-state index is 12.9. The summed E-state index contributed by atoms with van der Waals surface area (Å²) >= 11 is 2.48. The molecule has 1 aliphatic rings. The van der Waals surface area contributed by atoms with E-state index in [9.17, 15) is 9.18 Å². The summed E-state index contributed by atoms with van der Waals surface area (Å²) < 4.78 is 15.9. The fourth-order valence-electron chi connectivity index (χ4n) is 2.21. The van der Waals surface area contributed by atoms with Gasteiger partial charge in [0.05, 0.1) is 5.69 Å². The molecule has 0 atom stereocenters. The zero-order chi connectivity index (χ0) is 16.2. The molecule has 8 heteroatoms. The maximum Gasteiger partial charge on any atom is 0.302 e. The largest absolute Gasteiger partial charge is 0.330 e. The number of rotatable bonds is 3. The summed E-state index contributed by atoms with van der Waals surface area (Å²) in [6, 6.07) is 6.20. The Hall–Kier alpha value is -1.64. The van der Waals surface area contributed by atoms with Gasteiger partial charge in [-0.15, -0.1) is 11.3 Å². The predicted octanol–water partition coefficient (Wildman–Crippen LogP) is 3.38. The molecule has 0 radical (unpaired) electrons. The smallest absolute Gasteiger partial charge is 0.302 e. The highest BCUT2D eigenvalue weighted by Gasteiger charge is 2.19. The second kappa shape index (κ2) is 7.29. The number of halogens is 1. The molecule has 1 aliphatic heterocycles. The minimum atomic E-state index is -0.268. The molecule has 2 aromatic rings. The Morgan fingerprint density at radius 1 is 1.26 bits per heavy atom. The first-order chi connectivity index (χ1) is 11.1. The molecule has 0 unspecified atom stereocenters. The van der Waals surface area contributed by atoms with Crippen LogP contribution in [0.1, 0.15) is 0 Å². The number of likely N-dealkylation sites (N-methyl/N-ethyl adjacent to an activating group) is 1. The lowest BCUT2D eigenvalue weighted by Gasteiger charge is -2.31. The molecule has 23 heavy (non-hydrogen) atoms. The molecule has 1 aromatic carbocycles. The number of hydrogen-bond donors (Lipinski definition) is 1. The van der Waals surface area contributed by atoms with Crippen LogP contribution in [0.2, 0.25) is 0 Å². The third-order valence-corrected chi connectivity index (χ3v) is 5.25. The van der Waals surface area contributed by atoms with E-state index in [2.05, 4.69) is 21.7 Å². The first-order valence-corrected chi connectivity index (χ1v) is 8.93. The van der Waals surface area contributed by atoms with Crippen LogP contribution in [-0.2, 0) is 0 Å². The monoisotopic (exact) mass is 352 g/mol. The summed E-state index contributed by atoms with van der Waals surface area (Å²) in [6.07, 6.45) is 0. The van der Waals surface area contributed by atoms with Crippen molar-refractivity contribution in [3.63, 3.8) is 0 Å². The maximum absolute atomic E-state index is 12.9. The number of anilines is 1. The first kappa shape index (κ1) is 16.2. The lowest BCUT2D eigenvalue weighted by atomic mass is 10.2. The van der Waals surface area contributed by atoms with Crippen LogP contribution in [0, 0.1) is 5.82 Å². The minimum absolute atomic E-state index is 0.0108. The Kier molecular flexibility index (Phi) is 5.14. The van der Waals surface area contributed by atoms with Crippen LogP contribution in [0.15, 0.2) is 29.6 Å². The number of amides is 1. The van der Waals surface area contributed by atoms with Gasteiger partial charge < -0.3 is 9.80 Å². The van der Waals surface area contributed by atoms with E-state index in [0.717, 1.165) is 49.4 Å². The molecule has 5 nitrogen and oxygen atoms in total. The molecule has 122 valence electrons. The highest BCUT2D eigenvalue weighted by atomic mass is 32.2. The van der Waals surface area contributed by atoms with Crippen LogP contribution in [0.3, 0.4) is 0 Å². The first-order valence-electron chi connectivity index (χ1n) is 7.23. The van der Waals surface area contributed by atoms with Gasteiger partial charge in [-0.25, -0.2) is 9.37 Å². The number of nitrogens with zero attached hydrogens (tertiary/aromatic N) is 3. The van der Waals surface area contributed by atoms with Crippen LogP contribution in [-0.4, -0.2) is 53.2 Å². The molecule has 0 saturated carbocycles. The van der Waals surface area contributed by atoms with E-state index in [-0.39, 0.29) is 11.1 Å². The van der Waals surface area contributed by atoms with Gasteiger partial charge in [-0.2, -0.15) is 0 Å². The van der Waals surface area contributed by atoms with Gasteiger partial charge in [0.2, 0.25) is 0 Å². The molecule has 1 N–H and O–H groups in total. The number of nitrogens with one attached hydrogen (secondary N) is 1. The number of hydrogen-bond acceptors (Lipinski definition) is 6. The zero-order valence-electron chi connectivity index (χ0n) is 12.7. The van der Waals surface area contributed by atoms with Crippen LogP contribution in [0.4, 0.5) is 14.3 Å². The quantitative estimate of drug-likeness (QED) is 0.858. The SMILES string of the molecule is CN1CCN(C(=O)SNc2nc(-c3ccc(F)cc3)cs2)CC1. The van der Waals surface area contributed by atoms with Crippen molar-refractivity contribution in [2.24, 2.45) is 0 Å². The van der Waals surface area contributed by atoms with E-state index in [4.69, 9.17) is 0 Å². The predicted molar refractivity (Wildman–Crippen MR) is 93.2 cm³/mol. The van der Waals surface area contributed by atoms with Crippen molar-refractivity contribution in [3.8, 4) is 11.3 Å². The molecular formula is C15H17FN4OS2. The molecular weight excluding hydrogens is 335 g/mol. The second-order valence-electron chi connectivity index (χ2n) is 5.31. The second-order valence-corrected chi connectivity index (χ2v) is 6.92. The molecule has 0 bridgehead atoms. The number of carbonyl (C=O) groups is 1. The highest BCUT2D eigenvalue weighted by Crippen LogP contribution is 2.27. The Balaban J connectivity index is 1.55. The minimum Gasteiger partial charge on any atom is -0.330 e. The van der Waals surface area contributed by atoms with Gasteiger partial charge >= 0.3 is 5.24 Å². The molecule has 1 amide bonds. The normalized spacial score (nSPS) is 15.7. The molecule has 3 rings (SSSR count). The van der Waals surface area contributed by atoms with Crippen molar-refractivity contribution in [1.82, 2.24) is 14.8 Å². The molecule has 2 heterocycles. The van der Waals surface area contributed by atoms with Crippen molar-refractivity contribution in [3.05, 3.63) is 35.5 Å². The number of thiazole rings is 1. The van der Waals surface area contributed by atoms with Crippen molar-refractivity contribution < 1.29 is 9.18 Å². The van der Waals surface area contributed by atoms with E-state index in [1.807, 2.05) is 10.3 Å². The summed E-state index contributed by atoms with van der Waals surface area (Å²) in [6.45, 7) is 3.31. The van der Waals surface area contributed by atoms with Crippen molar-refractivity contribution in [2.45, 2.75) is 0 Å². The number of carbonyl (C=O) groups excluding carboxylic acids is 1. The van der Waals surface area contributed by atoms with Crippen molar-refractivity contribution >= 4 is 33.7 Å². The summed E-state index contributed by atoms with van der Waals surface area (Å²) in [5.41, 5.74) is 1.62. The number of benzene rings is 1. The highest BCUT2D eigenvalue weighted by molar-refractivity contribution is 8.14. The van der Waals surface area contributed by atoms with Crippen molar-refractivity contribution in [2.75, 3.05) is 37.9 Å². The van der Waals surface area contributed by atoms with Gasteiger partial charge in [-0.1, -0.05) is 0 Å². The zero-order valence-corrected chi connectivity index (χ0v) is 14.3. The number of aromatic nitrogens is 1. The Labute approximate surface area is 142 Å². The summed E-state index contributed by atoms with van der Waals surface area (Å²) in [7, 11) is 2.06. The van der Waals surface area contributed by atoms with Crippen LogP contribution in [0.25, 0.3) is 11.3 Å². The van der Waals surface area contributed by atoms with E-state index >= 15 is 0 Å². The van der Waals surface area contributed by atoms with Gasteiger partial charge in [0.1, 0.15) is 5.82 Å². The fraction of sp³-hybridized carbons (Fsp3) is 0.333. The Bertz CT molecular complexity index is 668. The molecule has 1 fully saturated rings.